The van der Waals surface area contributed by atoms with Crippen molar-refractivity contribution in [2.75, 3.05) is 11.9 Å². The highest BCUT2D eigenvalue weighted by molar-refractivity contribution is 9.10. The topological polar surface area (TPSA) is 37.8 Å². The highest BCUT2D eigenvalue weighted by Gasteiger charge is 2.12. The molecule has 0 bridgehead atoms. The summed E-state index contributed by atoms with van der Waals surface area (Å²) in [5.41, 5.74) is 1.93. The van der Waals surface area contributed by atoms with Gasteiger partial charge in [0.15, 0.2) is 5.82 Å². The molecule has 0 fully saturated rings. The number of halogens is 2. The maximum Gasteiger partial charge on any atom is 0.162 e. The second-order valence-electron chi connectivity index (χ2n) is 5.21. The van der Waals surface area contributed by atoms with Gasteiger partial charge in [-0.25, -0.2) is 9.97 Å². The molecule has 3 nitrogen and oxygen atoms in total. The van der Waals surface area contributed by atoms with E-state index in [4.69, 9.17) is 11.6 Å². The molecule has 1 aromatic heterocycles. The predicted molar refractivity (Wildman–Crippen MR) is 93.0 cm³/mol. The maximum absolute atomic E-state index is 6.10. The van der Waals surface area contributed by atoms with E-state index in [1.54, 1.807) is 0 Å². The van der Waals surface area contributed by atoms with E-state index in [-0.39, 0.29) is 0 Å². The fraction of sp³-hybridized carbons (Fsp3) is 0.375. The van der Waals surface area contributed by atoms with Crippen molar-refractivity contribution in [3.8, 4) is 11.4 Å². The minimum Gasteiger partial charge on any atom is -0.370 e. The number of rotatable bonds is 5. The molecule has 1 aromatic carbocycles. The highest BCUT2D eigenvalue weighted by Crippen LogP contribution is 2.30. The Balaban J connectivity index is 2.51. The third-order valence-corrected chi connectivity index (χ3v) is 3.99. The quantitative estimate of drug-likeness (QED) is 0.756. The van der Waals surface area contributed by atoms with Gasteiger partial charge in [-0.1, -0.05) is 48.3 Å². The maximum atomic E-state index is 6.10. The Morgan fingerprint density at radius 3 is 2.67 bits per heavy atom. The molecule has 0 radical (unpaired) electrons. The summed E-state index contributed by atoms with van der Waals surface area (Å²) < 4.78 is 0.939. The van der Waals surface area contributed by atoms with Gasteiger partial charge >= 0.3 is 0 Å². The van der Waals surface area contributed by atoms with E-state index < -0.39 is 0 Å². The lowest BCUT2D eigenvalue weighted by atomic mass is 10.1. The minimum atomic E-state index is 0.340. The summed E-state index contributed by atoms with van der Waals surface area (Å²) in [6.45, 7) is 7.28. The molecule has 1 N–H and O–H groups in total. The summed E-state index contributed by atoms with van der Waals surface area (Å²) >= 11 is 9.65. The molecule has 0 saturated heterocycles. The van der Waals surface area contributed by atoms with E-state index in [0.717, 1.165) is 34.5 Å². The van der Waals surface area contributed by atoms with E-state index in [9.17, 15) is 0 Å². The van der Waals surface area contributed by atoms with Crippen molar-refractivity contribution in [3.05, 3.63) is 39.5 Å². The summed E-state index contributed by atoms with van der Waals surface area (Å²) in [7, 11) is 0. The number of nitrogens with zero attached hydrogens (tertiary/aromatic N) is 2. The van der Waals surface area contributed by atoms with Crippen LogP contribution < -0.4 is 5.32 Å². The van der Waals surface area contributed by atoms with Crippen molar-refractivity contribution < 1.29 is 0 Å². The van der Waals surface area contributed by atoms with Crippen LogP contribution in [0.3, 0.4) is 0 Å². The lowest BCUT2D eigenvalue weighted by Gasteiger charge is -2.12. The fourth-order valence-corrected chi connectivity index (χ4v) is 2.49. The van der Waals surface area contributed by atoms with Crippen LogP contribution in [0.4, 0.5) is 5.82 Å². The van der Waals surface area contributed by atoms with Crippen molar-refractivity contribution in [2.45, 2.75) is 33.1 Å². The van der Waals surface area contributed by atoms with E-state index in [1.807, 2.05) is 24.3 Å². The zero-order chi connectivity index (χ0) is 15.4. The molecule has 21 heavy (non-hydrogen) atoms. The Morgan fingerprint density at radius 1 is 1.24 bits per heavy atom. The van der Waals surface area contributed by atoms with Crippen molar-refractivity contribution in [1.82, 2.24) is 9.97 Å². The Labute approximate surface area is 139 Å². The monoisotopic (exact) mass is 367 g/mol. The minimum absolute atomic E-state index is 0.340. The molecule has 0 spiro atoms. The number of hydrogen-bond donors (Lipinski definition) is 1. The third kappa shape index (κ3) is 4.17. The Kier molecular flexibility index (Phi) is 5.59. The van der Waals surface area contributed by atoms with Gasteiger partial charge in [0.2, 0.25) is 0 Å². The third-order valence-electron chi connectivity index (χ3n) is 3.06. The van der Waals surface area contributed by atoms with Gasteiger partial charge in [0, 0.05) is 33.4 Å². The smallest absolute Gasteiger partial charge is 0.162 e. The molecule has 0 atom stereocenters. The molecule has 2 rings (SSSR count). The summed E-state index contributed by atoms with van der Waals surface area (Å²) in [6, 6.07) is 7.66. The molecule has 1 heterocycles. The number of hydrogen-bond acceptors (Lipinski definition) is 3. The molecular formula is C16H19BrClN3. The van der Waals surface area contributed by atoms with Crippen molar-refractivity contribution in [3.63, 3.8) is 0 Å². The zero-order valence-corrected chi connectivity index (χ0v) is 14.8. The van der Waals surface area contributed by atoms with Crippen LogP contribution in [0.25, 0.3) is 11.4 Å². The van der Waals surface area contributed by atoms with Crippen LogP contribution in [-0.2, 0) is 0 Å². The van der Waals surface area contributed by atoms with Gasteiger partial charge < -0.3 is 5.32 Å². The Bertz CT molecular complexity index is 629. The second kappa shape index (κ2) is 7.23. The van der Waals surface area contributed by atoms with Crippen molar-refractivity contribution in [1.29, 1.82) is 0 Å². The van der Waals surface area contributed by atoms with Crippen molar-refractivity contribution >= 4 is 33.3 Å². The van der Waals surface area contributed by atoms with Gasteiger partial charge in [0.25, 0.3) is 0 Å². The number of anilines is 1. The largest absolute Gasteiger partial charge is 0.370 e. The van der Waals surface area contributed by atoms with Crippen LogP contribution in [-0.4, -0.2) is 16.5 Å². The molecule has 0 aliphatic carbocycles. The summed E-state index contributed by atoms with van der Waals surface area (Å²) in [5.74, 6) is 1.89. The standard InChI is InChI=1S/C16H19BrClN3/c1-4-7-19-15-9-14(10(2)3)20-16(21-15)12-8-11(18)5-6-13(12)17/h5-6,8-10H,4,7H2,1-3H3,(H,19,20,21). The van der Waals surface area contributed by atoms with Gasteiger partial charge in [0.1, 0.15) is 5.82 Å². The van der Waals surface area contributed by atoms with Crippen molar-refractivity contribution in [2.24, 2.45) is 0 Å². The molecule has 2 aromatic rings. The average Bonchev–Trinajstić information content (AvgIpc) is 2.47. The molecule has 0 aliphatic heterocycles. The Morgan fingerprint density at radius 2 is 2.00 bits per heavy atom. The second-order valence-corrected chi connectivity index (χ2v) is 6.50. The fourth-order valence-electron chi connectivity index (χ4n) is 1.89. The summed E-state index contributed by atoms with van der Waals surface area (Å²) in [6.07, 6.45) is 1.05. The predicted octanol–water partition coefficient (Wildman–Crippen LogP) is 5.50. The molecule has 0 aliphatic rings. The molecule has 0 unspecified atom stereocenters. The molecule has 5 heteroatoms. The lowest BCUT2D eigenvalue weighted by Crippen LogP contribution is -2.06. The zero-order valence-electron chi connectivity index (χ0n) is 12.5. The van der Waals surface area contributed by atoms with E-state index >= 15 is 0 Å². The van der Waals surface area contributed by atoms with Crippen LogP contribution in [0.2, 0.25) is 5.02 Å². The molecular weight excluding hydrogens is 350 g/mol. The average molecular weight is 369 g/mol. The number of nitrogens with one attached hydrogen (secondary N) is 1. The highest BCUT2D eigenvalue weighted by atomic mass is 79.9. The van der Waals surface area contributed by atoms with Crippen LogP contribution in [0.5, 0.6) is 0 Å². The van der Waals surface area contributed by atoms with Crippen LogP contribution >= 0.6 is 27.5 Å². The van der Waals surface area contributed by atoms with Gasteiger partial charge in [-0.3, -0.25) is 0 Å². The van der Waals surface area contributed by atoms with Gasteiger partial charge in [-0.15, -0.1) is 0 Å². The SMILES string of the molecule is CCCNc1cc(C(C)C)nc(-c2cc(Cl)ccc2Br)n1. The first-order valence-corrected chi connectivity index (χ1v) is 8.26. The van der Waals surface area contributed by atoms with Gasteiger partial charge in [-0.05, 0) is 30.5 Å². The summed E-state index contributed by atoms with van der Waals surface area (Å²) in [5, 5.41) is 4.01. The molecule has 0 saturated carbocycles. The first kappa shape index (κ1) is 16.2. The lowest BCUT2D eigenvalue weighted by molar-refractivity contribution is 0.815. The van der Waals surface area contributed by atoms with Crippen LogP contribution in [0, 0.1) is 0 Å². The first-order chi connectivity index (χ1) is 10.0. The normalized spacial score (nSPS) is 11.0. The van der Waals surface area contributed by atoms with Gasteiger partial charge in [0.05, 0.1) is 0 Å². The van der Waals surface area contributed by atoms with Gasteiger partial charge in [-0.2, -0.15) is 0 Å². The number of benzene rings is 1. The van der Waals surface area contributed by atoms with E-state index in [0.29, 0.717) is 16.8 Å². The first-order valence-electron chi connectivity index (χ1n) is 7.09. The number of aromatic nitrogens is 2. The van der Waals surface area contributed by atoms with E-state index in [2.05, 4.69) is 52.0 Å². The van der Waals surface area contributed by atoms with Crippen LogP contribution in [0.1, 0.15) is 38.8 Å². The molecule has 112 valence electrons. The summed E-state index contributed by atoms with van der Waals surface area (Å²) in [4.78, 5) is 9.29. The van der Waals surface area contributed by atoms with E-state index in [1.165, 1.54) is 0 Å². The Hall–Kier alpha value is -1.13. The van der Waals surface area contributed by atoms with Crippen LogP contribution in [0.15, 0.2) is 28.7 Å². The molecule has 0 amide bonds.